The number of rotatable bonds is 8. The predicted octanol–water partition coefficient (Wildman–Crippen LogP) is 4.63. The van der Waals surface area contributed by atoms with Crippen LogP contribution in [0.3, 0.4) is 0 Å². The van der Waals surface area contributed by atoms with Gasteiger partial charge in [-0.3, -0.25) is 23.9 Å². The van der Waals surface area contributed by atoms with Crippen molar-refractivity contribution in [2.45, 2.75) is 114 Å². The van der Waals surface area contributed by atoms with Crippen molar-refractivity contribution in [1.29, 1.82) is 0 Å². The number of ketones is 1. The lowest BCUT2D eigenvalue weighted by Gasteiger charge is -2.29. The summed E-state index contributed by atoms with van der Waals surface area (Å²) in [6.45, 7) is 5.33. The van der Waals surface area contributed by atoms with Crippen LogP contribution in [-0.4, -0.2) is 78.5 Å². The first-order valence-corrected chi connectivity index (χ1v) is 19.1. The summed E-state index contributed by atoms with van der Waals surface area (Å²) in [4.78, 5) is 61.3. The fourth-order valence-electron chi connectivity index (χ4n) is 7.11. The van der Waals surface area contributed by atoms with Crippen molar-refractivity contribution in [3.05, 3.63) is 30.4 Å². The minimum Gasteiger partial charge on any atom is -0.497 e. The van der Waals surface area contributed by atoms with Gasteiger partial charge in [0, 0.05) is 24.8 Å². The van der Waals surface area contributed by atoms with Gasteiger partial charge in [-0.1, -0.05) is 25.0 Å². The third kappa shape index (κ3) is 8.16. The first-order chi connectivity index (χ1) is 23.7. The van der Waals surface area contributed by atoms with E-state index < -0.39 is 56.2 Å². The van der Waals surface area contributed by atoms with Gasteiger partial charge >= 0.3 is 12.0 Å². The molecule has 1 aromatic carbocycles. The van der Waals surface area contributed by atoms with Crippen LogP contribution in [0.2, 0.25) is 0 Å². The Morgan fingerprint density at radius 2 is 1.90 bits per heavy atom. The maximum absolute atomic E-state index is 14.4. The number of methoxy groups -OCH3 is 1. The summed E-state index contributed by atoms with van der Waals surface area (Å²) in [6, 6.07) is 4.16. The Balaban J connectivity index is 1.28. The van der Waals surface area contributed by atoms with E-state index in [4.69, 9.17) is 18.6 Å². The molecule has 6 rings (SSSR count). The van der Waals surface area contributed by atoms with Crippen LogP contribution in [0.5, 0.6) is 11.8 Å². The van der Waals surface area contributed by atoms with Gasteiger partial charge in [-0.25, -0.2) is 8.42 Å². The highest BCUT2D eigenvalue weighted by molar-refractivity contribution is 7.90. The largest absolute Gasteiger partial charge is 0.497 e. The molecule has 0 unspecified atom stereocenters. The summed E-state index contributed by atoms with van der Waals surface area (Å²) in [6.07, 6.45) is 7.77. The molecule has 2 aromatic rings. The fraction of sp³-hybridized carbons (Fsp3) is 0.639. The van der Waals surface area contributed by atoms with Gasteiger partial charge in [-0.15, -0.1) is 0 Å². The number of hydrogen-bond acceptors (Lipinski definition) is 11. The number of oxazole rings is 1. The molecule has 1 N–H and O–H groups in total. The molecule has 2 aliphatic heterocycles. The zero-order valence-corrected chi connectivity index (χ0v) is 30.0. The number of nitrogens with one attached hydrogen (secondary N) is 1. The molecule has 2 amide bonds. The fourth-order valence-corrected chi connectivity index (χ4v) is 8.50. The number of sulfonamides is 1. The van der Waals surface area contributed by atoms with Crippen molar-refractivity contribution in [1.82, 2.24) is 14.6 Å². The van der Waals surface area contributed by atoms with Crippen molar-refractivity contribution in [2.75, 3.05) is 13.7 Å². The first-order valence-electron chi connectivity index (χ1n) is 17.6. The second kappa shape index (κ2) is 14.0. The molecular formula is C36H47N3O10S. The highest BCUT2D eigenvalue weighted by Crippen LogP contribution is 2.57. The van der Waals surface area contributed by atoms with Crippen molar-refractivity contribution in [3.63, 3.8) is 0 Å². The maximum Gasteiger partial charge on any atom is 0.394 e. The lowest BCUT2D eigenvalue weighted by Crippen LogP contribution is -2.46. The lowest BCUT2D eigenvalue weighted by atomic mass is 9.90. The van der Waals surface area contributed by atoms with E-state index in [2.05, 4.69) is 9.71 Å². The minimum absolute atomic E-state index is 0.0280. The molecule has 0 radical (unpaired) electrons. The number of nitrogens with zero attached hydrogens (tertiary/aromatic N) is 2. The van der Waals surface area contributed by atoms with E-state index >= 15 is 0 Å². The van der Waals surface area contributed by atoms with Crippen LogP contribution in [0.1, 0.15) is 91.4 Å². The van der Waals surface area contributed by atoms with Crippen LogP contribution in [-0.2, 0) is 33.9 Å². The third-order valence-electron chi connectivity index (χ3n) is 10.0. The third-order valence-corrected chi connectivity index (χ3v) is 11.8. The average Bonchev–Trinajstić information content (AvgIpc) is 3.93. The van der Waals surface area contributed by atoms with E-state index in [9.17, 15) is 27.6 Å². The monoisotopic (exact) mass is 713 g/mol. The van der Waals surface area contributed by atoms with Crippen molar-refractivity contribution in [3.8, 4) is 11.8 Å². The number of amides is 2. The summed E-state index contributed by atoms with van der Waals surface area (Å²) in [5, 5.41) is -0.593. The molecule has 14 heteroatoms. The van der Waals surface area contributed by atoms with Crippen LogP contribution in [0.15, 0.2) is 34.8 Å². The molecule has 1 saturated heterocycles. The summed E-state index contributed by atoms with van der Waals surface area (Å²) < 4.78 is 50.6. The standard InChI is InChI=1S/C36H47N3O10S/c1-35(2,3)49-31(41)16-22-10-8-6-5-7-9-11-23-19-36(23,33(43)38-50(44,45)26-13-14-26)20-29(40)28-18-25(21-39(28)32(22)42)47-34-37-27-17-24(46-4)12-15-30(27)48-34/h9,11-12,15,17,22-23,25-26,28H,5-8,10,13-14,16,18-21H2,1-4H3,(H,38,43)/b11-9-/t22-,23-,25-,28+,36-/m1/s1. The molecule has 0 spiro atoms. The molecule has 272 valence electrons. The van der Waals surface area contributed by atoms with Crippen LogP contribution in [0, 0.1) is 17.3 Å². The number of benzene rings is 1. The van der Waals surface area contributed by atoms with Gasteiger partial charge < -0.3 is 23.5 Å². The van der Waals surface area contributed by atoms with Crippen LogP contribution in [0.25, 0.3) is 11.1 Å². The Morgan fingerprint density at radius 3 is 2.62 bits per heavy atom. The molecule has 3 heterocycles. The predicted molar refractivity (Wildman–Crippen MR) is 182 cm³/mol. The highest BCUT2D eigenvalue weighted by Gasteiger charge is 2.61. The van der Waals surface area contributed by atoms with Crippen LogP contribution in [0.4, 0.5) is 0 Å². The minimum atomic E-state index is -3.84. The highest BCUT2D eigenvalue weighted by atomic mass is 32.2. The van der Waals surface area contributed by atoms with Crippen molar-refractivity contribution >= 4 is 44.7 Å². The van der Waals surface area contributed by atoms with Crippen molar-refractivity contribution in [2.24, 2.45) is 17.3 Å². The average molecular weight is 714 g/mol. The summed E-state index contributed by atoms with van der Waals surface area (Å²) >= 11 is 0. The van der Waals surface area contributed by atoms with Crippen molar-refractivity contribution < 1.29 is 46.2 Å². The van der Waals surface area contributed by atoms with E-state index in [1.54, 1.807) is 46.1 Å². The van der Waals surface area contributed by atoms with E-state index in [1.165, 1.54) is 4.90 Å². The molecular weight excluding hydrogens is 666 g/mol. The zero-order valence-electron chi connectivity index (χ0n) is 29.1. The molecule has 2 aliphatic carbocycles. The van der Waals surface area contributed by atoms with Gasteiger partial charge in [0.2, 0.25) is 21.8 Å². The SMILES string of the molecule is COc1ccc2oc(O[C@@H]3C[C@H]4C(=O)C[C@]5(C(=O)NS(=O)(=O)C6CC6)C[C@H]5/C=C\CCCCC[C@H](CC(=O)OC(C)(C)C)C(=O)N4C3)nc2c1. The quantitative estimate of drug-likeness (QED) is 0.299. The van der Waals surface area contributed by atoms with Gasteiger partial charge in [0.1, 0.15) is 23.0 Å². The molecule has 0 bridgehead atoms. The lowest BCUT2D eigenvalue weighted by molar-refractivity contribution is -0.159. The number of allylic oxidation sites excluding steroid dienone is 2. The van der Waals surface area contributed by atoms with Gasteiger partial charge in [-0.05, 0) is 77.3 Å². The molecule has 50 heavy (non-hydrogen) atoms. The Labute approximate surface area is 292 Å². The number of carbonyl (C=O) groups is 4. The number of carbonyl (C=O) groups excluding carboxylic acids is 4. The Hall–Kier alpha value is -3.94. The van der Waals surface area contributed by atoms with E-state index in [1.807, 2.05) is 12.2 Å². The molecule has 2 saturated carbocycles. The number of ether oxygens (including phenoxy) is 3. The number of esters is 1. The van der Waals surface area contributed by atoms with Gasteiger partial charge in [-0.2, -0.15) is 4.98 Å². The maximum atomic E-state index is 14.4. The topological polar surface area (TPSA) is 171 Å². The number of aromatic nitrogens is 1. The number of hydrogen-bond donors (Lipinski definition) is 1. The van der Waals surface area contributed by atoms with Gasteiger partial charge in [0.05, 0.1) is 36.8 Å². The van der Waals surface area contributed by atoms with E-state index in [0.29, 0.717) is 49.0 Å². The molecule has 3 fully saturated rings. The molecule has 4 aliphatic rings. The second-order valence-electron chi connectivity index (χ2n) is 15.1. The molecule has 1 aromatic heterocycles. The summed E-state index contributed by atoms with van der Waals surface area (Å²) in [7, 11) is -2.29. The summed E-state index contributed by atoms with van der Waals surface area (Å²) in [5.74, 6) is -2.35. The number of Topliss-reactive ketones (excluding diaryl/α,β-unsaturated/α-hetero) is 1. The van der Waals surface area contributed by atoms with Crippen LogP contribution < -0.4 is 14.2 Å². The molecule has 5 atom stereocenters. The zero-order chi connectivity index (χ0) is 35.8. The Morgan fingerprint density at radius 1 is 1.12 bits per heavy atom. The summed E-state index contributed by atoms with van der Waals surface area (Å²) in [5.41, 5.74) is -0.985. The molecule has 13 nitrogen and oxygen atoms in total. The van der Waals surface area contributed by atoms with E-state index in [-0.39, 0.29) is 49.5 Å². The van der Waals surface area contributed by atoms with Gasteiger partial charge in [0.15, 0.2) is 11.4 Å². The number of fused-ring (bicyclic) bond motifs is 3. The van der Waals surface area contributed by atoms with Gasteiger partial charge in [0.25, 0.3) is 0 Å². The van der Waals surface area contributed by atoms with E-state index in [0.717, 1.165) is 19.3 Å². The smallest absolute Gasteiger partial charge is 0.394 e. The Bertz CT molecular complexity index is 1780. The normalized spacial score (nSPS) is 28.5. The second-order valence-corrected chi connectivity index (χ2v) is 17.1. The Kier molecular flexibility index (Phi) is 10.0. The first kappa shape index (κ1) is 35.9. The van der Waals surface area contributed by atoms with Crippen LogP contribution >= 0.6 is 0 Å².